The van der Waals surface area contributed by atoms with Gasteiger partial charge >= 0.3 is 12.2 Å². The molecule has 1 amide bonds. The highest BCUT2D eigenvalue weighted by atomic mass is 19.3. The first-order valence-electron chi connectivity index (χ1n) is 7.69. The number of piperazine rings is 1. The van der Waals surface area contributed by atoms with Crippen molar-refractivity contribution in [3.63, 3.8) is 0 Å². The molecule has 0 spiro atoms. The Hall–Kier alpha value is -1.89. The van der Waals surface area contributed by atoms with E-state index < -0.39 is 6.11 Å². The third-order valence-corrected chi connectivity index (χ3v) is 3.64. The van der Waals surface area contributed by atoms with Gasteiger partial charge < -0.3 is 19.7 Å². The number of hydrogen-bond acceptors (Lipinski definition) is 4. The molecule has 0 radical (unpaired) electrons. The molecule has 1 aromatic rings. The molecule has 23 heavy (non-hydrogen) atoms. The first kappa shape index (κ1) is 17.5. The van der Waals surface area contributed by atoms with Crippen molar-refractivity contribution in [3.8, 4) is 5.75 Å². The van der Waals surface area contributed by atoms with Crippen LogP contribution in [0.15, 0.2) is 24.3 Å². The van der Waals surface area contributed by atoms with Crippen LogP contribution in [0.1, 0.15) is 25.8 Å². The number of benzene rings is 1. The Morgan fingerprint density at radius 1 is 1.39 bits per heavy atom. The Morgan fingerprint density at radius 3 is 2.70 bits per heavy atom. The van der Waals surface area contributed by atoms with Gasteiger partial charge in [-0.3, -0.25) is 0 Å². The summed E-state index contributed by atoms with van der Waals surface area (Å²) in [6, 6.07) is 6.20. The van der Waals surface area contributed by atoms with Gasteiger partial charge in [0.25, 0.3) is 0 Å². The average molecular weight is 328 g/mol. The molecule has 0 bridgehead atoms. The predicted molar refractivity (Wildman–Crippen MR) is 81.5 cm³/mol. The van der Waals surface area contributed by atoms with E-state index in [1.165, 1.54) is 12.1 Å². The molecule has 1 saturated heterocycles. The van der Waals surface area contributed by atoms with E-state index in [1.54, 1.807) is 17.0 Å². The minimum atomic E-state index is -3.22. The van der Waals surface area contributed by atoms with Crippen LogP contribution < -0.4 is 10.1 Å². The molecule has 0 saturated carbocycles. The summed E-state index contributed by atoms with van der Waals surface area (Å²) in [4.78, 5) is 13.9. The maximum Gasteiger partial charge on any atom is 0.410 e. The average Bonchev–Trinajstić information content (AvgIpc) is 2.52. The highest BCUT2D eigenvalue weighted by molar-refractivity contribution is 5.68. The van der Waals surface area contributed by atoms with E-state index in [0.717, 1.165) is 19.5 Å². The number of carbonyl (C=O) groups excluding carboxylic acids is 1. The minimum absolute atomic E-state index is 0.0701. The van der Waals surface area contributed by atoms with E-state index in [2.05, 4.69) is 10.1 Å². The highest BCUT2D eigenvalue weighted by Crippen LogP contribution is 2.21. The fraction of sp³-hybridized carbons (Fsp3) is 0.562. The van der Waals surface area contributed by atoms with Crippen molar-refractivity contribution in [2.75, 3.05) is 19.6 Å². The third kappa shape index (κ3) is 5.35. The van der Waals surface area contributed by atoms with Crippen molar-refractivity contribution in [2.45, 2.75) is 39.0 Å². The van der Waals surface area contributed by atoms with Crippen molar-refractivity contribution in [1.82, 2.24) is 10.2 Å². The second kappa shape index (κ2) is 7.59. The lowest BCUT2D eigenvalue weighted by atomic mass is 10.1. The van der Waals surface area contributed by atoms with Crippen molar-refractivity contribution in [1.29, 1.82) is 0 Å². The lowest BCUT2D eigenvalue weighted by molar-refractivity contribution is -0.158. The molecule has 1 aliphatic heterocycles. The molecule has 1 heterocycles. The van der Waals surface area contributed by atoms with Gasteiger partial charge in [-0.1, -0.05) is 19.1 Å². The summed E-state index contributed by atoms with van der Waals surface area (Å²) in [5.41, 5.74) is 0.716. The number of nitrogens with one attached hydrogen (secondary N) is 1. The molecule has 1 unspecified atom stereocenters. The number of ether oxygens (including phenoxy) is 2. The van der Waals surface area contributed by atoms with Crippen LogP contribution in [0.3, 0.4) is 0 Å². The highest BCUT2D eigenvalue weighted by Gasteiger charge is 2.26. The second-order valence-electron chi connectivity index (χ2n) is 5.57. The fourth-order valence-corrected chi connectivity index (χ4v) is 2.45. The van der Waals surface area contributed by atoms with Crippen LogP contribution in [0.25, 0.3) is 0 Å². The molecule has 128 valence electrons. The lowest BCUT2D eigenvalue weighted by Crippen LogP contribution is -2.53. The van der Waals surface area contributed by atoms with Crippen LogP contribution in [0.5, 0.6) is 5.75 Å². The van der Waals surface area contributed by atoms with Gasteiger partial charge in [-0.15, -0.1) is 0 Å². The van der Waals surface area contributed by atoms with E-state index in [1.807, 2.05) is 6.92 Å². The third-order valence-electron chi connectivity index (χ3n) is 3.64. The van der Waals surface area contributed by atoms with Gasteiger partial charge in [0.2, 0.25) is 0 Å². The Balaban J connectivity index is 1.86. The zero-order valence-electron chi connectivity index (χ0n) is 13.4. The normalized spacial score (nSPS) is 18.6. The Kier molecular flexibility index (Phi) is 5.76. The molecule has 7 heteroatoms. The molecule has 2 rings (SSSR count). The molecule has 1 atom stereocenters. The van der Waals surface area contributed by atoms with E-state index in [-0.39, 0.29) is 24.5 Å². The number of halogens is 2. The molecule has 1 aliphatic rings. The molecule has 5 nitrogen and oxygen atoms in total. The molecule has 0 aromatic heterocycles. The lowest BCUT2D eigenvalue weighted by Gasteiger charge is -2.34. The quantitative estimate of drug-likeness (QED) is 0.903. The van der Waals surface area contributed by atoms with Crippen LogP contribution in [-0.4, -0.2) is 42.8 Å². The van der Waals surface area contributed by atoms with E-state index in [9.17, 15) is 13.6 Å². The Bertz CT molecular complexity index is 517. The summed E-state index contributed by atoms with van der Waals surface area (Å²) in [5.74, 6) is 0.0701. The smallest absolute Gasteiger partial charge is 0.410 e. The summed E-state index contributed by atoms with van der Waals surface area (Å²) in [6.07, 6.45) is -2.70. The second-order valence-corrected chi connectivity index (χ2v) is 5.57. The van der Waals surface area contributed by atoms with Crippen LogP contribution in [0, 0.1) is 0 Å². The maximum absolute atomic E-state index is 12.7. The first-order chi connectivity index (χ1) is 10.9. The van der Waals surface area contributed by atoms with Crippen molar-refractivity contribution in [2.24, 2.45) is 0 Å². The number of carbonyl (C=O) groups is 1. The molecule has 1 fully saturated rings. The molecular weight excluding hydrogens is 306 g/mol. The predicted octanol–water partition coefficient (Wildman–Crippen LogP) is 3.00. The van der Waals surface area contributed by atoms with Crippen LogP contribution in [-0.2, 0) is 11.3 Å². The van der Waals surface area contributed by atoms with E-state index in [4.69, 9.17) is 4.74 Å². The Morgan fingerprint density at radius 2 is 2.09 bits per heavy atom. The largest absolute Gasteiger partial charge is 0.445 e. The topological polar surface area (TPSA) is 50.8 Å². The standard InChI is InChI=1S/C16H22F2N2O3/c1-3-13-10-19-8-9-20(13)15(21)22-11-12-4-6-14(7-5-12)23-16(2,17)18/h4-7,13,19H,3,8-11H2,1-2H3. The van der Waals surface area contributed by atoms with E-state index >= 15 is 0 Å². The summed E-state index contributed by atoms with van der Waals surface area (Å²) in [6.45, 7) is 4.95. The van der Waals surface area contributed by atoms with Crippen LogP contribution in [0.4, 0.5) is 13.6 Å². The van der Waals surface area contributed by atoms with Gasteiger partial charge in [-0.05, 0) is 24.1 Å². The summed E-state index contributed by atoms with van der Waals surface area (Å²) in [7, 11) is 0. The minimum Gasteiger partial charge on any atom is -0.445 e. The molecular formula is C16H22F2N2O3. The van der Waals surface area contributed by atoms with Crippen molar-refractivity contribution in [3.05, 3.63) is 29.8 Å². The Labute approximate surface area is 134 Å². The number of hydrogen-bond donors (Lipinski definition) is 1. The van der Waals surface area contributed by atoms with E-state index in [0.29, 0.717) is 19.0 Å². The number of rotatable bonds is 5. The monoisotopic (exact) mass is 328 g/mol. The molecule has 1 N–H and O–H groups in total. The van der Waals surface area contributed by atoms with Crippen LogP contribution in [0.2, 0.25) is 0 Å². The van der Waals surface area contributed by atoms with Crippen molar-refractivity contribution < 1.29 is 23.0 Å². The number of alkyl halides is 2. The van der Waals surface area contributed by atoms with Crippen molar-refractivity contribution >= 4 is 6.09 Å². The zero-order valence-corrected chi connectivity index (χ0v) is 13.4. The molecule has 1 aromatic carbocycles. The SMILES string of the molecule is CCC1CNCCN1C(=O)OCc1ccc(OC(C)(F)F)cc1. The van der Waals surface area contributed by atoms with Crippen LogP contribution >= 0.6 is 0 Å². The molecule has 0 aliphatic carbocycles. The number of amides is 1. The fourth-order valence-electron chi connectivity index (χ4n) is 2.45. The van der Waals surface area contributed by atoms with Gasteiger partial charge in [0, 0.05) is 32.6 Å². The van der Waals surface area contributed by atoms with Gasteiger partial charge in [0.1, 0.15) is 12.4 Å². The number of nitrogens with zero attached hydrogens (tertiary/aromatic N) is 1. The van der Waals surface area contributed by atoms with Gasteiger partial charge in [0.05, 0.1) is 0 Å². The van der Waals surface area contributed by atoms with Gasteiger partial charge in [-0.25, -0.2) is 4.79 Å². The maximum atomic E-state index is 12.7. The van der Waals surface area contributed by atoms with Gasteiger partial charge in [-0.2, -0.15) is 8.78 Å². The van der Waals surface area contributed by atoms with Gasteiger partial charge in [0.15, 0.2) is 0 Å². The first-order valence-corrected chi connectivity index (χ1v) is 7.69. The summed E-state index contributed by atoms with van der Waals surface area (Å²) < 4.78 is 35.2. The summed E-state index contributed by atoms with van der Waals surface area (Å²) >= 11 is 0. The zero-order chi connectivity index (χ0) is 16.9. The summed E-state index contributed by atoms with van der Waals surface area (Å²) in [5, 5.41) is 3.24.